The Hall–Kier alpha value is -0.580. The lowest BCUT2D eigenvalue weighted by molar-refractivity contribution is 1.15. The first-order valence-electron chi connectivity index (χ1n) is 4.74. The van der Waals surface area contributed by atoms with Crippen LogP contribution in [-0.4, -0.2) is 4.98 Å². The van der Waals surface area contributed by atoms with Crippen molar-refractivity contribution in [3.05, 3.63) is 43.8 Å². The van der Waals surface area contributed by atoms with Crippen molar-refractivity contribution in [3.8, 4) is 0 Å². The Bertz CT molecular complexity index is 498. The molecule has 0 atom stereocenters. The first-order valence-corrected chi connectivity index (χ1v) is 6.79. The molecule has 2 rings (SSSR count). The Morgan fingerprint density at radius 3 is 2.94 bits per heavy atom. The lowest BCUT2D eigenvalue weighted by atomic mass is 10.3. The van der Waals surface area contributed by atoms with Crippen LogP contribution in [0, 0.1) is 6.92 Å². The molecule has 0 saturated heterocycles. The molecule has 0 saturated carbocycles. The topological polar surface area (TPSA) is 24.9 Å². The molecule has 0 aliphatic rings. The highest BCUT2D eigenvalue weighted by Crippen LogP contribution is 2.21. The maximum atomic E-state index is 5.85. The van der Waals surface area contributed by atoms with Gasteiger partial charge in [0.1, 0.15) is 4.60 Å². The van der Waals surface area contributed by atoms with Gasteiger partial charge in [-0.25, -0.2) is 4.98 Å². The summed E-state index contributed by atoms with van der Waals surface area (Å²) < 4.78 is 0.886. The summed E-state index contributed by atoms with van der Waals surface area (Å²) in [6.45, 7) is 2.80. The molecule has 0 spiro atoms. The molecule has 0 unspecified atom stereocenters. The second-order valence-electron chi connectivity index (χ2n) is 3.42. The van der Waals surface area contributed by atoms with Crippen LogP contribution in [0.5, 0.6) is 0 Å². The molecule has 0 fully saturated rings. The molecule has 5 heteroatoms. The van der Waals surface area contributed by atoms with Crippen molar-refractivity contribution in [1.82, 2.24) is 4.98 Å². The maximum Gasteiger partial charge on any atom is 0.109 e. The van der Waals surface area contributed by atoms with Crippen LogP contribution in [0.15, 0.2) is 28.3 Å². The van der Waals surface area contributed by atoms with E-state index in [9.17, 15) is 0 Å². The van der Waals surface area contributed by atoms with E-state index >= 15 is 0 Å². The second kappa shape index (κ2) is 5.17. The van der Waals surface area contributed by atoms with Gasteiger partial charge >= 0.3 is 0 Å². The summed E-state index contributed by atoms with van der Waals surface area (Å²) in [4.78, 5) is 5.44. The van der Waals surface area contributed by atoms with Gasteiger partial charge in [-0.2, -0.15) is 0 Å². The zero-order valence-electron chi connectivity index (χ0n) is 8.63. The molecule has 1 N–H and O–H groups in total. The third-order valence-corrected chi connectivity index (χ3v) is 4.22. The molecule has 2 heterocycles. The minimum Gasteiger partial charge on any atom is -0.379 e. The van der Waals surface area contributed by atoms with Gasteiger partial charge in [-0.05, 0) is 40.5 Å². The van der Waals surface area contributed by atoms with Crippen molar-refractivity contribution in [2.75, 3.05) is 5.32 Å². The smallest absolute Gasteiger partial charge is 0.109 e. The summed E-state index contributed by atoms with van der Waals surface area (Å²) in [5, 5.41) is 6.04. The van der Waals surface area contributed by atoms with E-state index in [1.54, 1.807) is 11.3 Å². The van der Waals surface area contributed by atoms with Crippen molar-refractivity contribution in [3.63, 3.8) is 0 Å². The maximum absolute atomic E-state index is 5.85. The molecule has 2 nitrogen and oxygen atoms in total. The summed E-state index contributed by atoms with van der Waals surface area (Å²) in [6.07, 6.45) is 1.81. The van der Waals surface area contributed by atoms with Crippen LogP contribution in [0.2, 0.25) is 5.02 Å². The first kappa shape index (κ1) is 11.9. The van der Waals surface area contributed by atoms with Gasteiger partial charge in [0.05, 0.1) is 16.9 Å². The lowest BCUT2D eigenvalue weighted by Crippen LogP contribution is -1.98. The Morgan fingerprint density at radius 2 is 2.31 bits per heavy atom. The molecular formula is C11H10BrClN2S. The van der Waals surface area contributed by atoms with E-state index in [0.717, 1.165) is 27.4 Å². The standard InChI is InChI=1S/C11H10BrClN2S/c1-7-2-9(4-15-11(7)12)14-5-10-3-8(13)6-16-10/h2-4,6,14H,5H2,1H3. The van der Waals surface area contributed by atoms with Crippen LogP contribution < -0.4 is 5.32 Å². The van der Waals surface area contributed by atoms with Gasteiger partial charge in [-0.1, -0.05) is 11.6 Å². The summed E-state index contributed by atoms with van der Waals surface area (Å²) in [6, 6.07) is 4.03. The van der Waals surface area contributed by atoms with Crippen LogP contribution in [0.3, 0.4) is 0 Å². The number of rotatable bonds is 3. The van der Waals surface area contributed by atoms with Crippen molar-refractivity contribution in [1.29, 1.82) is 0 Å². The van der Waals surface area contributed by atoms with Gasteiger partial charge in [-0.3, -0.25) is 0 Å². The summed E-state index contributed by atoms with van der Waals surface area (Å²) in [7, 11) is 0. The zero-order chi connectivity index (χ0) is 11.5. The van der Waals surface area contributed by atoms with Crippen LogP contribution in [0.1, 0.15) is 10.4 Å². The number of nitrogens with zero attached hydrogens (tertiary/aromatic N) is 1. The first-order chi connectivity index (χ1) is 7.65. The summed E-state index contributed by atoms with van der Waals surface area (Å²) >= 11 is 10.9. The van der Waals surface area contributed by atoms with E-state index in [1.807, 2.05) is 24.6 Å². The zero-order valence-corrected chi connectivity index (χ0v) is 11.8. The van der Waals surface area contributed by atoms with Crippen LogP contribution in [0.4, 0.5) is 5.69 Å². The van der Waals surface area contributed by atoms with Gasteiger partial charge in [0.2, 0.25) is 0 Å². The molecule has 0 radical (unpaired) electrons. The number of halogens is 2. The highest BCUT2D eigenvalue weighted by molar-refractivity contribution is 9.10. The molecule has 2 aromatic heterocycles. The summed E-state index contributed by atoms with van der Waals surface area (Å²) in [5.41, 5.74) is 2.14. The van der Waals surface area contributed by atoms with E-state index in [2.05, 4.69) is 32.3 Å². The molecule has 0 aromatic carbocycles. The fraction of sp³-hybridized carbons (Fsp3) is 0.182. The average molecular weight is 318 g/mol. The minimum atomic E-state index is 0.778. The minimum absolute atomic E-state index is 0.778. The average Bonchev–Trinajstić information content (AvgIpc) is 2.66. The van der Waals surface area contributed by atoms with Crippen molar-refractivity contribution in [2.24, 2.45) is 0 Å². The van der Waals surface area contributed by atoms with Crippen molar-refractivity contribution in [2.45, 2.75) is 13.5 Å². The number of thiophene rings is 1. The fourth-order valence-electron chi connectivity index (χ4n) is 1.29. The molecule has 0 bridgehead atoms. The number of anilines is 1. The van der Waals surface area contributed by atoms with Gasteiger partial charge in [0, 0.05) is 16.8 Å². The summed E-state index contributed by atoms with van der Waals surface area (Å²) in [5.74, 6) is 0. The van der Waals surface area contributed by atoms with Crippen LogP contribution in [-0.2, 0) is 6.54 Å². The normalized spacial score (nSPS) is 10.4. The van der Waals surface area contributed by atoms with E-state index < -0.39 is 0 Å². The molecular weight excluding hydrogens is 308 g/mol. The lowest BCUT2D eigenvalue weighted by Gasteiger charge is -2.05. The predicted octanol–water partition coefficient (Wildman–Crippen LogP) is 4.48. The second-order valence-corrected chi connectivity index (χ2v) is 5.60. The highest BCUT2D eigenvalue weighted by atomic mass is 79.9. The number of aromatic nitrogens is 1. The van der Waals surface area contributed by atoms with E-state index in [-0.39, 0.29) is 0 Å². The molecule has 84 valence electrons. The number of hydrogen-bond donors (Lipinski definition) is 1. The number of nitrogens with one attached hydrogen (secondary N) is 1. The quantitative estimate of drug-likeness (QED) is 0.844. The SMILES string of the molecule is Cc1cc(NCc2cc(Cl)cs2)cnc1Br. The van der Waals surface area contributed by atoms with E-state index in [1.165, 1.54) is 4.88 Å². The Kier molecular flexibility index (Phi) is 3.84. The monoisotopic (exact) mass is 316 g/mol. The third-order valence-electron chi connectivity index (χ3n) is 2.10. The molecule has 16 heavy (non-hydrogen) atoms. The molecule has 2 aromatic rings. The van der Waals surface area contributed by atoms with Crippen LogP contribution >= 0.6 is 38.9 Å². The number of hydrogen-bond acceptors (Lipinski definition) is 3. The van der Waals surface area contributed by atoms with Gasteiger partial charge in [0.25, 0.3) is 0 Å². The third kappa shape index (κ3) is 2.97. The Morgan fingerprint density at radius 1 is 1.50 bits per heavy atom. The van der Waals surface area contributed by atoms with Crippen LogP contribution in [0.25, 0.3) is 0 Å². The largest absolute Gasteiger partial charge is 0.379 e. The Labute approximate surface area is 112 Å². The van der Waals surface area contributed by atoms with Crippen molar-refractivity contribution >= 4 is 44.6 Å². The fourth-order valence-corrected chi connectivity index (χ4v) is 2.52. The van der Waals surface area contributed by atoms with Gasteiger partial charge < -0.3 is 5.32 Å². The van der Waals surface area contributed by atoms with E-state index in [0.29, 0.717) is 0 Å². The molecule has 0 amide bonds. The van der Waals surface area contributed by atoms with Gasteiger partial charge in [-0.15, -0.1) is 11.3 Å². The van der Waals surface area contributed by atoms with Gasteiger partial charge in [0.15, 0.2) is 0 Å². The number of aryl methyl sites for hydroxylation is 1. The Balaban J connectivity index is 2.02. The predicted molar refractivity (Wildman–Crippen MR) is 73.3 cm³/mol. The van der Waals surface area contributed by atoms with E-state index in [4.69, 9.17) is 11.6 Å². The molecule has 0 aliphatic heterocycles. The molecule has 0 aliphatic carbocycles. The highest BCUT2D eigenvalue weighted by Gasteiger charge is 2.00. The number of pyridine rings is 1. The van der Waals surface area contributed by atoms with Crippen molar-refractivity contribution < 1.29 is 0 Å².